The van der Waals surface area contributed by atoms with Crippen LogP contribution in [0.3, 0.4) is 0 Å². The van der Waals surface area contributed by atoms with E-state index in [2.05, 4.69) is 17.1 Å². The molecular formula is C24H21N3O3. The minimum Gasteiger partial charge on any atom is -0.292 e. The summed E-state index contributed by atoms with van der Waals surface area (Å²) in [5, 5.41) is 11.4. The van der Waals surface area contributed by atoms with Crippen molar-refractivity contribution in [3.63, 3.8) is 0 Å². The molecule has 0 saturated carbocycles. The van der Waals surface area contributed by atoms with Crippen LogP contribution in [0.1, 0.15) is 24.7 Å². The first-order chi connectivity index (χ1) is 14.6. The second-order valence-electron chi connectivity index (χ2n) is 7.19. The third-order valence-electron chi connectivity index (χ3n) is 5.10. The van der Waals surface area contributed by atoms with Crippen LogP contribution in [-0.4, -0.2) is 14.5 Å². The third kappa shape index (κ3) is 3.85. The van der Waals surface area contributed by atoms with Crippen molar-refractivity contribution < 1.29 is 4.92 Å². The Morgan fingerprint density at radius 2 is 1.67 bits per heavy atom. The monoisotopic (exact) mass is 399 g/mol. The number of rotatable bonds is 6. The van der Waals surface area contributed by atoms with E-state index < -0.39 is 4.92 Å². The van der Waals surface area contributed by atoms with Crippen LogP contribution in [0.15, 0.2) is 77.6 Å². The summed E-state index contributed by atoms with van der Waals surface area (Å²) in [6, 6.07) is 22.4. The molecule has 0 saturated heterocycles. The Bertz CT molecular complexity index is 1260. The molecule has 6 nitrogen and oxygen atoms in total. The van der Waals surface area contributed by atoms with E-state index in [1.165, 1.54) is 12.1 Å². The Labute approximate surface area is 173 Å². The molecule has 0 amide bonds. The van der Waals surface area contributed by atoms with Gasteiger partial charge >= 0.3 is 0 Å². The Balaban J connectivity index is 1.75. The molecule has 3 aromatic carbocycles. The largest absolute Gasteiger partial charge is 0.292 e. The molecule has 0 unspecified atom stereocenters. The molecule has 150 valence electrons. The molecule has 4 rings (SSSR count). The van der Waals surface area contributed by atoms with Gasteiger partial charge in [0.15, 0.2) is 0 Å². The van der Waals surface area contributed by atoms with Crippen LogP contribution in [0.4, 0.5) is 5.69 Å². The van der Waals surface area contributed by atoms with Gasteiger partial charge in [-0.05, 0) is 29.2 Å². The fourth-order valence-electron chi connectivity index (χ4n) is 3.56. The summed E-state index contributed by atoms with van der Waals surface area (Å²) in [5.41, 5.74) is 3.34. The summed E-state index contributed by atoms with van der Waals surface area (Å²) in [5.74, 6) is 0.691. The molecule has 0 fully saturated rings. The van der Waals surface area contributed by atoms with E-state index in [-0.39, 0.29) is 16.6 Å². The third-order valence-corrected chi connectivity index (χ3v) is 5.10. The molecule has 1 aromatic heterocycles. The topological polar surface area (TPSA) is 78.0 Å². The molecule has 0 spiro atoms. The van der Waals surface area contributed by atoms with Gasteiger partial charge in [0.05, 0.1) is 22.4 Å². The Kier molecular flexibility index (Phi) is 5.39. The number of non-ortho nitro benzene ring substituents is 1. The van der Waals surface area contributed by atoms with Gasteiger partial charge in [0.1, 0.15) is 5.82 Å². The summed E-state index contributed by atoms with van der Waals surface area (Å²) < 4.78 is 1.63. The lowest BCUT2D eigenvalue weighted by atomic mass is 10.0. The van der Waals surface area contributed by atoms with Crippen LogP contribution in [0.25, 0.3) is 22.0 Å². The van der Waals surface area contributed by atoms with E-state index in [0.29, 0.717) is 24.3 Å². The van der Waals surface area contributed by atoms with Crippen molar-refractivity contribution in [3.8, 4) is 11.1 Å². The lowest BCUT2D eigenvalue weighted by Crippen LogP contribution is -2.26. The second-order valence-corrected chi connectivity index (χ2v) is 7.19. The fourth-order valence-corrected chi connectivity index (χ4v) is 3.56. The molecule has 0 N–H and O–H groups in total. The van der Waals surface area contributed by atoms with Crippen LogP contribution in [0, 0.1) is 10.1 Å². The van der Waals surface area contributed by atoms with Gasteiger partial charge in [-0.1, -0.05) is 61.5 Å². The van der Waals surface area contributed by atoms with Crippen LogP contribution in [0.2, 0.25) is 0 Å². The minimum atomic E-state index is -0.495. The molecule has 30 heavy (non-hydrogen) atoms. The maximum absolute atomic E-state index is 13.2. The fraction of sp³-hybridized carbons (Fsp3) is 0.167. The smallest absolute Gasteiger partial charge is 0.270 e. The highest BCUT2D eigenvalue weighted by Crippen LogP contribution is 2.21. The predicted octanol–water partition coefficient (Wildman–Crippen LogP) is 4.97. The Hall–Kier alpha value is -3.80. The predicted molar refractivity (Wildman–Crippen MR) is 118 cm³/mol. The number of benzene rings is 3. The summed E-state index contributed by atoms with van der Waals surface area (Å²) in [6.45, 7) is 2.40. The maximum Gasteiger partial charge on any atom is 0.270 e. The van der Waals surface area contributed by atoms with Gasteiger partial charge in [-0.15, -0.1) is 0 Å². The van der Waals surface area contributed by atoms with Crippen molar-refractivity contribution in [1.82, 2.24) is 9.55 Å². The lowest BCUT2D eigenvalue weighted by molar-refractivity contribution is -0.384. The number of fused-ring (bicyclic) bond motifs is 1. The highest BCUT2D eigenvalue weighted by atomic mass is 16.6. The zero-order valence-electron chi connectivity index (χ0n) is 16.6. The van der Waals surface area contributed by atoms with Crippen molar-refractivity contribution in [2.75, 3.05) is 0 Å². The van der Waals surface area contributed by atoms with Gasteiger partial charge in [-0.2, -0.15) is 0 Å². The van der Waals surface area contributed by atoms with Crippen molar-refractivity contribution in [3.05, 3.63) is 105 Å². The molecule has 0 aliphatic heterocycles. The van der Waals surface area contributed by atoms with E-state index in [1.807, 2.05) is 49.4 Å². The molecule has 0 aliphatic rings. The van der Waals surface area contributed by atoms with Crippen LogP contribution in [-0.2, 0) is 13.0 Å². The summed E-state index contributed by atoms with van der Waals surface area (Å²) >= 11 is 0. The second kappa shape index (κ2) is 8.29. The molecular weight excluding hydrogens is 378 g/mol. The van der Waals surface area contributed by atoms with E-state index >= 15 is 0 Å². The van der Waals surface area contributed by atoms with Gasteiger partial charge in [0.2, 0.25) is 0 Å². The molecule has 0 radical (unpaired) electrons. The number of nitro benzene ring substituents is 1. The first-order valence-electron chi connectivity index (χ1n) is 9.89. The Morgan fingerprint density at radius 3 is 2.33 bits per heavy atom. The highest BCUT2D eigenvalue weighted by molar-refractivity contribution is 5.80. The molecule has 0 aliphatic carbocycles. The van der Waals surface area contributed by atoms with Crippen LogP contribution < -0.4 is 5.56 Å². The number of hydrogen-bond acceptors (Lipinski definition) is 4. The quantitative estimate of drug-likeness (QED) is 0.339. The van der Waals surface area contributed by atoms with E-state index in [9.17, 15) is 14.9 Å². The van der Waals surface area contributed by atoms with Gasteiger partial charge in [0, 0.05) is 18.6 Å². The zero-order chi connectivity index (χ0) is 21.1. The van der Waals surface area contributed by atoms with Gasteiger partial charge in [0.25, 0.3) is 11.2 Å². The molecule has 6 heteroatoms. The summed E-state index contributed by atoms with van der Waals surface area (Å²) in [4.78, 5) is 28.5. The van der Waals surface area contributed by atoms with Crippen molar-refractivity contribution >= 4 is 16.6 Å². The highest BCUT2D eigenvalue weighted by Gasteiger charge is 2.15. The number of nitrogens with zero attached hydrogens (tertiary/aromatic N) is 3. The van der Waals surface area contributed by atoms with E-state index in [4.69, 9.17) is 0 Å². The number of hydrogen-bond donors (Lipinski definition) is 0. The lowest BCUT2D eigenvalue weighted by Gasteiger charge is -2.14. The van der Waals surface area contributed by atoms with Gasteiger partial charge in [-0.25, -0.2) is 4.98 Å². The number of aryl methyl sites for hydroxylation is 1. The minimum absolute atomic E-state index is 0.108. The number of nitro groups is 1. The van der Waals surface area contributed by atoms with Crippen molar-refractivity contribution in [1.29, 1.82) is 0 Å². The average Bonchev–Trinajstić information content (AvgIpc) is 2.77. The standard InChI is InChI=1S/C24H21N3O3/c1-2-6-23-25-22-14-13-20(27(29)30)15-21(22)24(28)26(23)16-17-9-11-19(12-10-17)18-7-4-3-5-8-18/h3-5,7-15H,2,6,16H2,1H3. The van der Waals surface area contributed by atoms with E-state index in [1.54, 1.807) is 10.6 Å². The van der Waals surface area contributed by atoms with Crippen molar-refractivity contribution in [2.24, 2.45) is 0 Å². The van der Waals surface area contributed by atoms with Crippen LogP contribution in [0.5, 0.6) is 0 Å². The SMILES string of the molecule is CCCc1nc2ccc([N+](=O)[O-])cc2c(=O)n1Cc1ccc(-c2ccccc2)cc1. The van der Waals surface area contributed by atoms with Crippen LogP contribution >= 0.6 is 0 Å². The van der Waals surface area contributed by atoms with Crippen molar-refractivity contribution in [2.45, 2.75) is 26.3 Å². The van der Waals surface area contributed by atoms with E-state index in [0.717, 1.165) is 23.1 Å². The summed E-state index contributed by atoms with van der Waals surface area (Å²) in [7, 11) is 0. The molecule has 4 aromatic rings. The molecule has 0 bridgehead atoms. The zero-order valence-corrected chi connectivity index (χ0v) is 16.6. The Morgan fingerprint density at radius 1 is 0.967 bits per heavy atom. The molecule has 1 heterocycles. The summed E-state index contributed by atoms with van der Waals surface area (Å²) in [6.07, 6.45) is 1.50. The average molecular weight is 399 g/mol. The maximum atomic E-state index is 13.2. The first-order valence-corrected chi connectivity index (χ1v) is 9.89. The number of aromatic nitrogens is 2. The van der Waals surface area contributed by atoms with Gasteiger partial charge < -0.3 is 0 Å². The van der Waals surface area contributed by atoms with Gasteiger partial charge in [-0.3, -0.25) is 19.5 Å². The first kappa shape index (κ1) is 19.5. The molecule has 0 atom stereocenters. The normalized spacial score (nSPS) is 11.0.